The van der Waals surface area contributed by atoms with Crippen molar-refractivity contribution in [2.75, 3.05) is 0 Å². The molecule has 2 heteroatoms. The van der Waals surface area contributed by atoms with Gasteiger partial charge in [-0.2, -0.15) is 0 Å². The number of unbranched alkanes of at least 4 members (excludes halogenated alkanes) is 20. The molecule has 0 radical (unpaired) electrons. The number of hydrogen-bond donors (Lipinski definition) is 0. The zero-order valence-electron chi connectivity index (χ0n) is 42.7. The van der Waals surface area contributed by atoms with E-state index in [1.807, 2.05) is 0 Å². The summed E-state index contributed by atoms with van der Waals surface area (Å²) in [7, 11) is 0. The van der Waals surface area contributed by atoms with Crippen LogP contribution in [-0.2, 0) is 25.7 Å². The standard InChI is InChI=1S/C66H82O2/c1-5-9-13-17-21-25-29-47-33-35-49-39-53-43-59-61(45-55(53)41-51(49)37-47)67-65-58(32-28-24-20-16-12-8-4)64-60-44-54-40-50-36-34-48(30-26-22-18-14-10-6-2)38-52(50)42-56(54)46-62(60)68-66(64)57(63(59)65)31-27-23-19-15-11-7-3/h33-46H,5-32H2,1-4H3. The Labute approximate surface area is 408 Å². The molecule has 0 aliphatic carbocycles. The van der Waals surface area contributed by atoms with Crippen molar-refractivity contribution < 1.29 is 8.83 Å². The average Bonchev–Trinajstić information content (AvgIpc) is 3.91. The van der Waals surface area contributed by atoms with Gasteiger partial charge >= 0.3 is 0 Å². The van der Waals surface area contributed by atoms with Gasteiger partial charge in [0.05, 0.1) is 0 Å². The second kappa shape index (κ2) is 23.7. The second-order valence-electron chi connectivity index (χ2n) is 21.1. The highest BCUT2D eigenvalue weighted by Gasteiger charge is 2.25. The van der Waals surface area contributed by atoms with Gasteiger partial charge in [0.25, 0.3) is 0 Å². The first-order chi connectivity index (χ1) is 33.6. The average molecular weight is 907 g/mol. The lowest BCUT2D eigenvalue weighted by Gasteiger charge is -2.11. The van der Waals surface area contributed by atoms with Crippen molar-refractivity contribution in [2.45, 2.75) is 207 Å². The number of benzene rings is 7. The van der Waals surface area contributed by atoms with Crippen LogP contribution in [-0.4, -0.2) is 0 Å². The molecule has 0 spiro atoms. The van der Waals surface area contributed by atoms with Crippen LogP contribution >= 0.6 is 0 Å². The molecule has 9 aromatic rings. The van der Waals surface area contributed by atoms with Crippen LogP contribution < -0.4 is 0 Å². The van der Waals surface area contributed by atoms with E-state index in [0.29, 0.717) is 0 Å². The number of aryl methyl sites for hydroxylation is 4. The van der Waals surface area contributed by atoms with E-state index in [1.165, 1.54) is 228 Å². The van der Waals surface area contributed by atoms with Crippen LogP contribution in [0.1, 0.15) is 204 Å². The largest absolute Gasteiger partial charge is 0.456 e. The minimum Gasteiger partial charge on any atom is -0.456 e. The molecule has 2 heterocycles. The van der Waals surface area contributed by atoms with Crippen molar-refractivity contribution in [3.05, 3.63) is 107 Å². The Morgan fingerprint density at radius 1 is 0.279 bits per heavy atom. The molecule has 2 nitrogen and oxygen atoms in total. The molecule has 0 aliphatic heterocycles. The highest BCUT2D eigenvalue weighted by atomic mass is 16.3. The molecule has 0 amide bonds. The first-order valence-electron chi connectivity index (χ1n) is 28.2. The fourth-order valence-corrected chi connectivity index (χ4v) is 11.7. The monoisotopic (exact) mass is 907 g/mol. The van der Waals surface area contributed by atoms with Crippen LogP contribution in [0.5, 0.6) is 0 Å². The van der Waals surface area contributed by atoms with E-state index in [-0.39, 0.29) is 0 Å². The Kier molecular flexibility index (Phi) is 16.8. The maximum absolute atomic E-state index is 7.31. The topological polar surface area (TPSA) is 26.3 Å². The van der Waals surface area contributed by atoms with Crippen LogP contribution in [0.3, 0.4) is 0 Å². The normalized spacial score (nSPS) is 12.3. The summed E-state index contributed by atoms with van der Waals surface area (Å²) in [4.78, 5) is 0. The smallest absolute Gasteiger partial charge is 0.139 e. The van der Waals surface area contributed by atoms with Gasteiger partial charge in [0, 0.05) is 32.7 Å². The van der Waals surface area contributed by atoms with Crippen molar-refractivity contribution in [3.63, 3.8) is 0 Å². The third kappa shape index (κ3) is 11.1. The van der Waals surface area contributed by atoms with Gasteiger partial charge in [-0.15, -0.1) is 0 Å². The quantitative estimate of drug-likeness (QED) is 0.0362. The molecule has 9 rings (SSSR count). The fourth-order valence-electron chi connectivity index (χ4n) is 11.7. The molecular weight excluding hydrogens is 825 g/mol. The summed E-state index contributed by atoms with van der Waals surface area (Å²) in [6.45, 7) is 9.22. The third-order valence-corrected chi connectivity index (χ3v) is 15.7. The van der Waals surface area contributed by atoms with Crippen LogP contribution in [0.2, 0.25) is 0 Å². The maximum Gasteiger partial charge on any atom is 0.139 e. The highest BCUT2D eigenvalue weighted by molar-refractivity contribution is 6.22. The van der Waals surface area contributed by atoms with E-state index < -0.39 is 0 Å². The maximum atomic E-state index is 7.31. The molecule has 0 saturated heterocycles. The van der Waals surface area contributed by atoms with Crippen LogP contribution in [0, 0.1) is 0 Å². The van der Waals surface area contributed by atoms with Crippen molar-refractivity contribution in [1.29, 1.82) is 0 Å². The lowest BCUT2D eigenvalue weighted by molar-refractivity contribution is 0.601. The van der Waals surface area contributed by atoms with Gasteiger partial charge in [-0.3, -0.25) is 0 Å². The summed E-state index contributed by atoms with van der Waals surface area (Å²) < 4.78 is 14.6. The molecule has 358 valence electrons. The Balaban J connectivity index is 1.15. The number of furan rings is 2. The molecule has 0 N–H and O–H groups in total. The molecule has 0 saturated carbocycles. The Hall–Kier alpha value is -4.82. The highest BCUT2D eigenvalue weighted by Crippen LogP contribution is 2.46. The Morgan fingerprint density at radius 3 is 0.971 bits per heavy atom. The predicted molar refractivity (Wildman–Crippen MR) is 299 cm³/mol. The molecular formula is C66H82O2. The minimum absolute atomic E-state index is 0.993. The van der Waals surface area contributed by atoms with E-state index in [1.54, 1.807) is 0 Å². The molecule has 0 unspecified atom stereocenters. The van der Waals surface area contributed by atoms with Crippen LogP contribution in [0.25, 0.3) is 87.0 Å². The summed E-state index contributed by atoms with van der Waals surface area (Å²) in [5, 5.41) is 15.5. The Bertz CT molecular complexity index is 2870. The summed E-state index contributed by atoms with van der Waals surface area (Å²) in [5.41, 5.74) is 9.82. The van der Waals surface area contributed by atoms with Gasteiger partial charge in [0.15, 0.2) is 0 Å². The van der Waals surface area contributed by atoms with Crippen molar-refractivity contribution in [2.24, 2.45) is 0 Å². The fraction of sp³-hybridized carbons (Fsp3) is 0.485. The van der Waals surface area contributed by atoms with E-state index in [9.17, 15) is 0 Å². The van der Waals surface area contributed by atoms with E-state index in [2.05, 4.69) is 113 Å². The molecule has 68 heavy (non-hydrogen) atoms. The van der Waals surface area contributed by atoms with Gasteiger partial charge in [-0.25, -0.2) is 0 Å². The third-order valence-electron chi connectivity index (χ3n) is 15.7. The van der Waals surface area contributed by atoms with E-state index in [0.717, 1.165) is 60.9 Å². The molecule has 0 fully saturated rings. The van der Waals surface area contributed by atoms with Crippen LogP contribution in [0.15, 0.2) is 93.8 Å². The molecule has 7 aromatic carbocycles. The first-order valence-corrected chi connectivity index (χ1v) is 28.2. The van der Waals surface area contributed by atoms with Gasteiger partial charge < -0.3 is 8.83 Å². The van der Waals surface area contributed by atoms with Crippen molar-refractivity contribution in [1.82, 2.24) is 0 Å². The Morgan fingerprint density at radius 2 is 0.588 bits per heavy atom. The number of hydrogen-bond acceptors (Lipinski definition) is 2. The van der Waals surface area contributed by atoms with Gasteiger partial charge in [-0.05, 0) is 154 Å². The first kappa shape index (κ1) is 48.2. The van der Waals surface area contributed by atoms with E-state index in [4.69, 9.17) is 8.83 Å². The van der Waals surface area contributed by atoms with Gasteiger partial charge in [0.2, 0.25) is 0 Å². The summed E-state index contributed by atoms with van der Waals surface area (Å²) in [6, 6.07) is 33.7. The SMILES string of the molecule is CCCCCCCCc1ccc2cc3cc4c(cc3cc2c1)oc1c(CCCCCCCC)c2c(oc3cc5cc6cc(CCCCCCCC)ccc6cc5cc32)c(CCCCCCCC)c14. The van der Waals surface area contributed by atoms with Crippen molar-refractivity contribution >= 4 is 87.0 Å². The molecule has 2 aromatic heterocycles. The molecule has 0 atom stereocenters. The second-order valence-corrected chi connectivity index (χ2v) is 21.1. The molecule has 0 bridgehead atoms. The summed E-state index contributed by atoms with van der Waals surface area (Å²) in [6.07, 6.45) is 35.5. The molecule has 0 aliphatic rings. The number of fused-ring (bicyclic) bond motifs is 10. The van der Waals surface area contributed by atoms with Gasteiger partial charge in [-0.1, -0.05) is 193 Å². The minimum atomic E-state index is 0.993. The zero-order chi connectivity index (χ0) is 46.7. The lowest BCUT2D eigenvalue weighted by atomic mass is 9.90. The van der Waals surface area contributed by atoms with Crippen LogP contribution in [0.4, 0.5) is 0 Å². The number of rotatable bonds is 28. The van der Waals surface area contributed by atoms with E-state index >= 15 is 0 Å². The van der Waals surface area contributed by atoms with Gasteiger partial charge in [0.1, 0.15) is 22.3 Å². The zero-order valence-corrected chi connectivity index (χ0v) is 42.7. The summed E-state index contributed by atoms with van der Waals surface area (Å²) in [5.74, 6) is 0. The van der Waals surface area contributed by atoms with Crippen molar-refractivity contribution in [3.8, 4) is 0 Å². The lowest BCUT2D eigenvalue weighted by Crippen LogP contribution is -1.95. The summed E-state index contributed by atoms with van der Waals surface area (Å²) >= 11 is 0. The predicted octanol–water partition coefficient (Wildman–Crippen LogP) is 21.7.